The summed E-state index contributed by atoms with van der Waals surface area (Å²) in [6.45, 7) is 5.51. The fourth-order valence-corrected chi connectivity index (χ4v) is 6.17. The maximum atomic E-state index is 13.5. The number of anilines is 3. The van der Waals surface area contributed by atoms with Crippen LogP contribution >= 0.6 is 11.3 Å². The van der Waals surface area contributed by atoms with Crippen molar-refractivity contribution in [1.29, 1.82) is 0 Å². The molecule has 1 saturated heterocycles. The Morgan fingerprint density at radius 1 is 1.07 bits per heavy atom. The van der Waals surface area contributed by atoms with Crippen LogP contribution in [-0.4, -0.2) is 57.4 Å². The molecule has 43 heavy (non-hydrogen) atoms. The number of aliphatic hydroxyl groups is 1. The fraction of sp³-hybridized carbons (Fsp3) is 0.290. The van der Waals surface area contributed by atoms with E-state index in [4.69, 9.17) is 9.47 Å². The molecule has 0 bridgehead atoms. The highest BCUT2D eigenvalue weighted by Gasteiger charge is 2.36. The van der Waals surface area contributed by atoms with Gasteiger partial charge in [0.05, 0.1) is 22.4 Å². The van der Waals surface area contributed by atoms with Crippen LogP contribution < -0.4 is 20.3 Å². The molecule has 0 unspecified atom stereocenters. The second kappa shape index (κ2) is 11.2. The van der Waals surface area contributed by atoms with Gasteiger partial charge in [0, 0.05) is 25.2 Å². The zero-order chi connectivity index (χ0) is 30.3. The average molecular weight is 602 g/mol. The van der Waals surface area contributed by atoms with Crippen molar-refractivity contribution in [2.45, 2.75) is 51.5 Å². The summed E-state index contributed by atoms with van der Waals surface area (Å²) in [5, 5.41) is 17.1. The molecule has 0 saturated carbocycles. The summed E-state index contributed by atoms with van der Waals surface area (Å²) in [5.41, 5.74) is 0.950. The monoisotopic (exact) mass is 601 g/mol. The van der Waals surface area contributed by atoms with Crippen LogP contribution in [0.4, 0.5) is 26.7 Å². The lowest BCUT2D eigenvalue weighted by molar-refractivity contribution is -0.0504. The highest BCUT2D eigenvalue weighted by Crippen LogP contribution is 2.46. The number of aliphatic hydroxyl groups excluding tert-OH is 1. The molecule has 2 aromatic heterocycles. The molecule has 0 radical (unpaired) electrons. The first kappa shape index (κ1) is 28.4. The van der Waals surface area contributed by atoms with E-state index in [2.05, 4.69) is 15.6 Å². The van der Waals surface area contributed by atoms with Gasteiger partial charge in [-0.3, -0.25) is 14.6 Å². The van der Waals surface area contributed by atoms with Crippen molar-refractivity contribution in [1.82, 2.24) is 15.2 Å². The zero-order valence-corrected chi connectivity index (χ0v) is 24.7. The first-order chi connectivity index (χ1) is 20.6. The summed E-state index contributed by atoms with van der Waals surface area (Å²) in [6.07, 6.45) is 0.513. The Morgan fingerprint density at radius 2 is 1.79 bits per heavy atom. The third-order valence-corrected chi connectivity index (χ3v) is 8.16. The molecule has 2 aromatic carbocycles. The zero-order valence-electron chi connectivity index (χ0n) is 23.9. The van der Waals surface area contributed by atoms with E-state index in [-0.39, 0.29) is 24.9 Å². The van der Waals surface area contributed by atoms with Crippen LogP contribution in [-0.2, 0) is 4.74 Å². The first-order valence-electron chi connectivity index (χ1n) is 13.9. The van der Waals surface area contributed by atoms with Crippen LogP contribution in [0, 0.1) is 0 Å². The van der Waals surface area contributed by atoms with E-state index in [1.807, 2.05) is 30.3 Å². The summed E-state index contributed by atoms with van der Waals surface area (Å²) in [6, 6.07) is 17.5. The number of para-hydroxylation sites is 1. The number of likely N-dealkylation sites (tertiary alicyclic amines) is 1. The number of nitrogens with zero attached hydrogens (tertiary/aromatic N) is 3. The van der Waals surface area contributed by atoms with E-state index < -0.39 is 24.0 Å². The molecule has 11 nitrogen and oxygen atoms in total. The molecule has 4 aromatic rings. The molecule has 1 fully saturated rings. The summed E-state index contributed by atoms with van der Waals surface area (Å²) in [7, 11) is 0. The van der Waals surface area contributed by atoms with Crippen LogP contribution in [0.2, 0.25) is 0 Å². The van der Waals surface area contributed by atoms with Gasteiger partial charge in [0.15, 0.2) is 0 Å². The van der Waals surface area contributed by atoms with Gasteiger partial charge in [-0.15, -0.1) is 11.3 Å². The van der Waals surface area contributed by atoms with Crippen molar-refractivity contribution in [2.24, 2.45) is 0 Å². The number of rotatable bonds is 5. The standard InChI is InChI=1S/C31H31N5O6S/c1-31(2,3)42-30(40)35-16-14-18(17-23(35)37)33-27(38)26-25-24-22(13-15-32-28(24)43-26)36(29(39)34-25)19-9-11-21(12-10-19)41-20-7-5-4-6-8-20/h4-13,15,18,23,37H,14,16-17H2,1-3H3,(H,33,38)(H,34,39)/t18-,23+/m1/s1. The maximum Gasteiger partial charge on any atom is 0.412 e. The Balaban J connectivity index is 1.20. The molecule has 0 spiro atoms. The summed E-state index contributed by atoms with van der Waals surface area (Å²) >= 11 is 1.18. The molecule has 12 heteroatoms. The van der Waals surface area contributed by atoms with E-state index >= 15 is 0 Å². The lowest BCUT2D eigenvalue weighted by Crippen LogP contribution is -2.53. The number of hydrogen-bond acceptors (Lipinski definition) is 8. The van der Waals surface area contributed by atoms with Gasteiger partial charge >= 0.3 is 12.1 Å². The van der Waals surface area contributed by atoms with Gasteiger partial charge in [-0.1, -0.05) is 18.2 Å². The van der Waals surface area contributed by atoms with Crippen LogP contribution in [0.25, 0.3) is 10.2 Å². The second-order valence-corrected chi connectivity index (χ2v) is 12.3. The average Bonchev–Trinajstić information content (AvgIpc) is 3.33. The quantitative estimate of drug-likeness (QED) is 0.247. The van der Waals surface area contributed by atoms with E-state index in [1.165, 1.54) is 16.2 Å². The minimum absolute atomic E-state index is 0.152. The molecule has 4 heterocycles. The summed E-state index contributed by atoms with van der Waals surface area (Å²) < 4.78 is 11.3. The van der Waals surface area contributed by atoms with Crippen molar-refractivity contribution in [3.63, 3.8) is 0 Å². The Kier molecular flexibility index (Phi) is 7.40. The number of hydrogen-bond donors (Lipinski definition) is 3. The number of nitrogens with one attached hydrogen (secondary N) is 2. The minimum atomic E-state index is -1.10. The number of pyridine rings is 1. The van der Waals surface area contributed by atoms with Gasteiger partial charge < -0.3 is 25.2 Å². The van der Waals surface area contributed by atoms with E-state index in [0.29, 0.717) is 50.1 Å². The van der Waals surface area contributed by atoms with Gasteiger partial charge in [-0.25, -0.2) is 14.6 Å². The van der Waals surface area contributed by atoms with Gasteiger partial charge in [0.25, 0.3) is 5.91 Å². The molecule has 2 aliphatic heterocycles. The summed E-state index contributed by atoms with van der Waals surface area (Å²) in [5.74, 6) is 0.950. The van der Waals surface area contributed by atoms with Crippen LogP contribution in [0.1, 0.15) is 43.3 Å². The van der Waals surface area contributed by atoms with E-state index in [1.54, 1.807) is 62.2 Å². The number of carbonyl (C=O) groups is 3. The molecular formula is C31H31N5O6S. The van der Waals surface area contributed by atoms with Gasteiger partial charge in [0.1, 0.15) is 33.0 Å². The first-order valence-corrected chi connectivity index (χ1v) is 14.7. The predicted molar refractivity (Wildman–Crippen MR) is 163 cm³/mol. The molecule has 2 atom stereocenters. The molecule has 4 amide bonds. The SMILES string of the molecule is CC(C)(C)OC(=O)N1CC[C@@H](NC(=O)c2sc3nccc4c3c2NC(=O)N4c2ccc(Oc3ccccc3)cc2)C[C@@H]1O. The van der Waals surface area contributed by atoms with Crippen molar-refractivity contribution < 1.29 is 29.0 Å². The largest absolute Gasteiger partial charge is 0.457 e. The minimum Gasteiger partial charge on any atom is -0.457 e. The number of amides is 4. The number of ether oxygens (including phenoxy) is 2. The Hall–Kier alpha value is -4.68. The second-order valence-electron chi connectivity index (χ2n) is 11.3. The summed E-state index contributed by atoms with van der Waals surface area (Å²) in [4.78, 5) is 47.5. The smallest absolute Gasteiger partial charge is 0.412 e. The maximum absolute atomic E-state index is 13.5. The Morgan fingerprint density at radius 3 is 2.49 bits per heavy atom. The molecule has 3 N–H and O–H groups in total. The number of aromatic nitrogens is 1. The van der Waals surface area contributed by atoms with Gasteiger partial charge in [-0.05, 0) is 69.7 Å². The molecule has 222 valence electrons. The Labute approximate surface area is 252 Å². The van der Waals surface area contributed by atoms with Gasteiger partial charge in [0.2, 0.25) is 0 Å². The number of carbonyl (C=O) groups excluding carboxylic acids is 3. The molecule has 6 rings (SSSR count). The van der Waals surface area contributed by atoms with E-state index in [0.717, 1.165) is 0 Å². The van der Waals surface area contributed by atoms with Gasteiger partial charge in [-0.2, -0.15) is 0 Å². The van der Waals surface area contributed by atoms with Crippen LogP contribution in [0.5, 0.6) is 11.5 Å². The lowest BCUT2D eigenvalue weighted by atomic mass is 10.0. The number of thiophene rings is 1. The normalized spacial score (nSPS) is 18.3. The van der Waals surface area contributed by atoms with Crippen molar-refractivity contribution in [3.8, 4) is 11.5 Å². The van der Waals surface area contributed by atoms with Crippen LogP contribution in [0.15, 0.2) is 66.9 Å². The highest BCUT2D eigenvalue weighted by atomic mass is 32.1. The van der Waals surface area contributed by atoms with E-state index in [9.17, 15) is 19.5 Å². The number of piperidine rings is 1. The topological polar surface area (TPSA) is 133 Å². The van der Waals surface area contributed by atoms with Crippen molar-refractivity contribution in [3.05, 3.63) is 71.7 Å². The van der Waals surface area contributed by atoms with Crippen molar-refractivity contribution >= 4 is 56.6 Å². The fourth-order valence-electron chi connectivity index (χ4n) is 5.15. The van der Waals surface area contributed by atoms with Crippen molar-refractivity contribution in [2.75, 3.05) is 16.8 Å². The third kappa shape index (κ3) is 5.84. The molecule has 0 aliphatic carbocycles. The highest BCUT2D eigenvalue weighted by molar-refractivity contribution is 7.21. The molecular weight excluding hydrogens is 570 g/mol. The Bertz CT molecular complexity index is 1680. The third-order valence-electron chi connectivity index (χ3n) is 7.06. The molecule has 2 aliphatic rings. The van der Waals surface area contributed by atoms with Crippen LogP contribution in [0.3, 0.4) is 0 Å². The number of urea groups is 1. The number of benzene rings is 2. The lowest BCUT2D eigenvalue weighted by Gasteiger charge is -2.37. The predicted octanol–water partition coefficient (Wildman–Crippen LogP) is 6.22.